The maximum absolute atomic E-state index is 5.27. The minimum atomic E-state index is 0.724. The first-order chi connectivity index (χ1) is 10.2. The molecule has 1 aromatic carbocycles. The number of hydrogen-bond donors (Lipinski definition) is 1. The number of benzene rings is 1. The van der Waals surface area contributed by atoms with Gasteiger partial charge in [0.15, 0.2) is 5.65 Å². The molecule has 0 aliphatic rings. The van der Waals surface area contributed by atoms with Gasteiger partial charge in [-0.3, -0.25) is 0 Å². The fourth-order valence-electron chi connectivity index (χ4n) is 2.15. The van der Waals surface area contributed by atoms with Crippen molar-refractivity contribution < 1.29 is 9.47 Å². The van der Waals surface area contributed by atoms with E-state index in [1.54, 1.807) is 18.7 Å². The van der Waals surface area contributed by atoms with Crippen LogP contribution in [-0.2, 0) is 0 Å². The summed E-state index contributed by atoms with van der Waals surface area (Å²) in [5, 5.41) is 7.63. The van der Waals surface area contributed by atoms with Crippen molar-refractivity contribution in [1.82, 2.24) is 14.6 Å². The van der Waals surface area contributed by atoms with Crippen molar-refractivity contribution in [3.63, 3.8) is 0 Å². The Morgan fingerprint density at radius 2 is 1.81 bits per heavy atom. The number of nitrogens with one attached hydrogen (secondary N) is 1. The van der Waals surface area contributed by atoms with Gasteiger partial charge in [0, 0.05) is 30.1 Å². The fourth-order valence-corrected chi connectivity index (χ4v) is 2.15. The van der Waals surface area contributed by atoms with Crippen molar-refractivity contribution >= 4 is 17.0 Å². The number of nitrogens with zero attached hydrogens (tertiary/aromatic N) is 3. The molecule has 2 heterocycles. The quantitative estimate of drug-likeness (QED) is 0.798. The number of fused-ring (bicyclic) bond motifs is 1. The molecule has 0 saturated carbocycles. The molecule has 2 aromatic heterocycles. The normalized spacial score (nSPS) is 10.6. The van der Waals surface area contributed by atoms with E-state index in [0.29, 0.717) is 0 Å². The molecule has 0 radical (unpaired) electrons. The number of hydrogen-bond acceptors (Lipinski definition) is 5. The van der Waals surface area contributed by atoms with E-state index in [2.05, 4.69) is 15.4 Å². The molecule has 3 rings (SSSR count). The number of aryl methyl sites for hydroxylation is 1. The van der Waals surface area contributed by atoms with Crippen LogP contribution in [0.25, 0.3) is 5.65 Å². The van der Waals surface area contributed by atoms with Crippen molar-refractivity contribution in [2.45, 2.75) is 6.92 Å². The van der Waals surface area contributed by atoms with Crippen molar-refractivity contribution in [2.24, 2.45) is 0 Å². The van der Waals surface area contributed by atoms with Gasteiger partial charge in [-0.25, -0.2) is 9.50 Å². The minimum absolute atomic E-state index is 0.724. The van der Waals surface area contributed by atoms with Crippen molar-refractivity contribution in [2.75, 3.05) is 19.5 Å². The van der Waals surface area contributed by atoms with Gasteiger partial charge in [0.05, 0.1) is 19.9 Å². The Kier molecular flexibility index (Phi) is 3.35. The van der Waals surface area contributed by atoms with Gasteiger partial charge in [0.1, 0.15) is 17.3 Å². The first kappa shape index (κ1) is 13.2. The molecule has 1 N–H and O–H groups in total. The zero-order valence-electron chi connectivity index (χ0n) is 12.1. The molecule has 0 bridgehead atoms. The van der Waals surface area contributed by atoms with Gasteiger partial charge in [-0.05, 0) is 19.1 Å². The van der Waals surface area contributed by atoms with Crippen LogP contribution in [0, 0.1) is 6.92 Å². The predicted octanol–water partition coefficient (Wildman–Crippen LogP) is 2.80. The second-order valence-electron chi connectivity index (χ2n) is 4.58. The van der Waals surface area contributed by atoms with E-state index in [0.717, 1.165) is 34.3 Å². The van der Waals surface area contributed by atoms with Crippen LogP contribution >= 0.6 is 0 Å². The lowest BCUT2D eigenvalue weighted by atomic mass is 10.2. The molecule has 0 fully saturated rings. The Hall–Kier alpha value is -2.76. The number of methoxy groups -OCH3 is 2. The lowest BCUT2D eigenvalue weighted by molar-refractivity contribution is 0.395. The van der Waals surface area contributed by atoms with Gasteiger partial charge in [0.2, 0.25) is 0 Å². The number of aromatic nitrogens is 3. The molecule has 6 heteroatoms. The third-order valence-electron chi connectivity index (χ3n) is 3.10. The molecule has 0 saturated heterocycles. The van der Waals surface area contributed by atoms with Crippen LogP contribution in [0.1, 0.15) is 5.82 Å². The van der Waals surface area contributed by atoms with Gasteiger partial charge in [-0.1, -0.05) is 0 Å². The van der Waals surface area contributed by atoms with Crippen LogP contribution in [0.3, 0.4) is 0 Å². The van der Waals surface area contributed by atoms with Gasteiger partial charge < -0.3 is 14.8 Å². The summed E-state index contributed by atoms with van der Waals surface area (Å²) in [5.74, 6) is 2.18. The molecule has 6 nitrogen and oxygen atoms in total. The maximum atomic E-state index is 5.27. The van der Waals surface area contributed by atoms with Crippen LogP contribution in [0.5, 0.6) is 11.5 Å². The number of rotatable bonds is 4. The predicted molar refractivity (Wildman–Crippen MR) is 80.6 cm³/mol. The Morgan fingerprint density at radius 1 is 1.10 bits per heavy atom. The zero-order chi connectivity index (χ0) is 14.8. The van der Waals surface area contributed by atoms with Crippen LogP contribution in [0.4, 0.5) is 11.4 Å². The van der Waals surface area contributed by atoms with Gasteiger partial charge in [0.25, 0.3) is 0 Å². The first-order valence-corrected chi connectivity index (χ1v) is 6.51. The van der Waals surface area contributed by atoms with E-state index in [-0.39, 0.29) is 0 Å². The van der Waals surface area contributed by atoms with Gasteiger partial charge >= 0.3 is 0 Å². The second kappa shape index (κ2) is 5.32. The summed E-state index contributed by atoms with van der Waals surface area (Å²) in [4.78, 5) is 4.42. The number of pyridine rings is 1. The molecule has 0 unspecified atom stereocenters. The highest BCUT2D eigenvalue weighted by molar-refractivity contribution is 5.74. The third-order valence-corrected chi connectivity index (χ3v) is 3.10. The summed E-state index contributed by atoms with van der Waals surface area (Å²) >= 11 is 0. The summed E-state index contributed by atoms with van der Waals surface area (Å²) in [5.41, 5.74) is 2.50. The average molecular weight is 284 g/mol. The second-order valence-corrected chi connectivity index (χ2v) is 4.58. The van der Waals surface area contributed by atoms with E-state index in [9.17, 15) is 0 Å². The molecule has 0 spiro atoms. The van der Waals surface area contributed by atoms with E-state index < -0.39 is 0 Å². The van der Waals surface area contributed by atoms with Gasteiger partial charge in [-0.2, -0.15) is 5.10 Å². The van der Waals surface area contributed by atoms with E-state index >= 15 is 0 Å². The fraction of sp³-hybridized carbons (Fsp3) is 0.200. The summed E-state index contributed by atoms with van der Waals surface area (Å²) in [6, 6.07) is 9.49. The highest BCUT2D eigenvalue weighted by Crippen LogP contribution is 2.29. The molecule has 0 aliphatic heterocycles. The van der Waals surface area contributed by atoms with Crippen LogP contribution in [0.15, 0.2) is 36.5 Å². The highest BCUT2D eigenvalue weighted by atomic mass is 16.5. The van der Waals surface area contributed by atoms with Crippen molar-refractivity contribution in [1.29, 1.82) is 0 Å². The average Bonchev–Trinajstić information content (AvgIpc) is 2.88. The van der Waals surface area contributed by atoms with Crippen molar-refractivity contribution in [3.05, 3.63) is 42.4 Å². The molecule has 0 amide bonds. The largest absolute Gasteiger partial charge is 0.497 e. The standard InChI is InChI=1S/C15H16N4O2/c1-10-16-15-14(5-4-6-19(15)18-10)17-11-7-12(20-2)9-13(8-11)21-3/h4-9,17H,1-3H3. The molecule has 0 atom stereocenters. The topological polar surface area (TPSA) is 60.7 Å². The summed E-state index contributed by atoms with van der Waals surface area (Å²) in [7, 11) is 3.25. The lowest BCUT2D eigenvalue weighted by Crippen LogP contribution is -1.97. The summed E-state index contributed by atoms with van der Waals surface area (Å²) in [6.07, 6.45) is 1.87. The van der Waals surface area contributed by atoms with E-state index in [1.165, 1.54) is 0 Å². The van der Waals surface area contributed by atoms with E-state index in [4.69, 9.17) is 9.47 Å². The first-order valence-electron chi connectivity index (χ1n) is 6.51. The SMILES string of the molecule is COc1cc(Nc2cccn3nc(C)nc23)cc(OC)c1. The number of ether oxygens (including phenoxy) is 2. The molecule has 21 heavy (non-hydrogen) atoms. The third kappa shape index (κ3) is 2.60. The van der Waals surface area contributed by atoms with Crippen molar-refractivity contribution in [3.8, 4) is 11.5 Å². The van der Waals surface area contributed by atoms with Crippen LogP contribution < -0.4 is 14.8 Å². The molecule has 108 valence electrons. The summed E-state index contributed by atoms with van der Waals surface area (Å²) in [6.45, 7) is 1.87. The Balaban J connectivity index is 2.02. The lowest BCUT2D eigenvalue weighted by Gasteiger charge is -2.11. The van der Waals surface area contributed by atoms with Gasteiger partial charge in [-0.15, -0.1) is 0 Å². The minimum Gasteiger partial charge on any atom is -0.497 e. The summed E-state index contributed by atoms with van der Waals surface area (Å²) < 4.78 is 12.3. The van der Waals surface area contributed by atoms with Crippen LogP contribution in [0.2, 0.25) is 0 Å². The molecular formula is C15H16N4O2. The van der Waals surface area contributed by atoms with Crippen LogP contribution in [-0.4, -0.2) is 28.8 Å². The number of anilines is 2. The zero-order valence-corrected chi connectivity index (χ0v) is 12.1. The molecule has 3 aromatic rings. The Morgan fingerprint density at radius 3 is 2.48 bits per heavy atom. The Labute approximate surface area is 122 Å². The molecular weight excluding hydrogens is 268 g/mol. The monoisotopic (exact) mass is 284 g/mol. The van der Waals surface area contributed by atoms with E-state index in [1.807, 2.05) is 43.5 Å². The highest BCUT2D eigenvalue weighted by Gasteiger charge is 2.07. The smallest absolute Gasteiger partial charge is 0.179 e. The maximum Gasteiger partial charge on any atom is 0.179 e. The Bertz CT molecular complexity index is 760. The molecule has 0 aliphatic carbocycles.